The van der Waals surface area contributed by atoms with Crippen LogP contribution in [0.2, 0.25) is 0 Å². The van der Waals surface area contributed by atoms with Crippen molar-refractivity contribution in [2.24, 2.45) is 0 Å². The summed E-state index contributed by atoms with van der Waals surface area (Å²) in [4.78, 5) is 16.4. The van der Waals surface area contributed by atoms with Gasteiger partial charge in [0.2, 0.25) is 0 Å². The van der Waals surface area contributed by atoms with Gasteiger partial charge in [0.05, 0.1) is 10.7 Å². The van der Waals surface area contributed by atoms with E-state index in [1.54, 1.807) is 42.2 Å². The Labute approximate surface area is 143 Å². The summed E-state index contributed by atoms with van der Waals surface area (Å²) in [6, 6.07) is 19.2. The number of halogens is 1. The predicted octanol–water partition coefficient (Wildman–Crippen LogP) is 4.77. The molecule has 3 rings (SSSR count). The van der Waals surface area contributed by atoms with Crippen LogP contribution in [0.1, 0.15) is 15.9 Å². The number of aromatic nitrogens is 1. The summed E-state index contributed by atoms with van der Waals surface area (Å²) >= 11 is 1.63. The Morgan fingerprint density at radius 1 is 1.00 bits per heavy atom. The number of rotatable bonds is 5. The Hall–Kier alpha value is -2.66. The van der Waals surface area contributed by atoms with Crippen LogP contribution in [0.15, 0.2) is 78.0 Å². The Bertz CT molecular complexity index is 822. The number of nitrogens with one attached hydrogen (secondary N) is 1. The van der Waals surface area contributed by atoms with Crippen LogP contribution in [-0.4, -0.2) is 10.9 Å². The van der Waals surface area contributed by atoms with Gasteiger partial charge in [0.15, 0.2) is 0 Å². The zero-order chi connectivity index (χ0) is 16.8. The van der Waals surface area contributed by atoms with Gasteiger partial charge in [-0.15, -0.1) is 11.8 Å². The van der Waals surface area contributed by atoms with Crippen LogP contribution >= 0.6 is 11.8 Å². The number of nitrogens with zero attached hydrogens (tertiary/aromatic N) is 1. The summed E-state index contributed by atoms with van der Waals surface area (Å²) in [6.07, 6.45) is 1.76. The fourth-order valence-electron chi connectivity index (χ4n) is 2.10. The summed E-state index contributed by atoms with van der Waals surface area (Å²) in [7, 11) is 0. The van der Waals surface area contributed by atoms with Crippen molar-refractivity contribution < 1.29 is 9.18 Å². The number of amides is 1. The van der Waals surface area contributed by atoms with Gasteiger partial charge in [-0.3, -0.25) is 4.79 Å². The zero-order valence-electron chi connectivity index (χ0n) is 12.8. The van der Waals surface area contributed by atoms with Crippen molar-refractivity contribution in [1.29, 1.82) is 0 Å². The van der Waals surface area contributed by atoms with E-state index in [0.29, 0.717) is 5.56 Å². The molecule has 3 aromatic rings. The molecule has 0 bridgehead atoms. The van der Waals surface area contributed by atoms with Gasteiger partial charge in [-0.1, -0.05) is 30.3 Å². The minimum Gasteiger partial charge on any atom is -0.319 e. The van der Waals surface area contributed by atoms with Gasteiger partial charge in [0.1, 0.15) is 5.82 Å². The maximum atomic E-state index is 13.6. The largest absolute Gasteiger partial charge is 0.319 e. The molecule has 0 radical (unpaired) electrons. The van der Waals surface area contributed by atoms with Crippen molar-refractivity contribution in [1.82, 2.24) is 4.98 Å². The van der Waals surface area contributed by atoms with Gasteiger partial charge in [-0.25, -0.2) is 9.37 Å². The molecule has 5 heteroatoms. The van der Waals surface area contributed by atoms with Crippen LogP contribution in [0, 0.1) is 5.82 Å². The van der Waals surface area contributed by atoms with Crippen LogP contribution in [0.4, 0.5) is 10.1 Å². The number of carbonyl (C=O) groups excluding carboxylic acids is 1. The quantitative estimate of drug-likeness (QED) is 0.682. The number of hydrogen-bond donors (Lipinski definition) is 1. The molecule has 0 aliphatic carbocycles. The molecule has 0 aliphatic rings. The Morgan fingerprint density at radius 2 is 1.75 bits per heavy atom. The first-order chi connectivity index (χ1) is 11.7. The lowest BCUT2D eigenvalue weighted by atomic mass is 10.1. The SMILES string of the molecule is O=C(Nc1ccccc1F)c1ccc(CSc2ccccn2)cc1. The second-order valence-corrected chi connectivity index (χ2v) is 6.08. The highest BCUT2D eigenvalue weighted by Crippen LogP contribution is 2.21. The van der Waals surface area contributed by atoms with Gasteiger partial charge in [0.25, 0.3) is 5.91 Å². The second-order valence-electron chi connectivity index (χ2n) is 5.09. The molecule has 0 aliphatic heterocycles. The number of carbonyl (C=O) groups is 1. The summed E-state index contributed by atoms with van der Waals surface area (Å²) < 4.78 is 13.6. The highest BCUT2D eigenvalue weighted by molar-refractivity contribution is 7.98. The van der Waals surface area contributed by atoms with Gasteiger partial charge in [-0.2, -0.15) is 0 Å². The average Bonchev–Trinajstić information content (AvgIpc) is 2.63. The van der Waals surface area contributed by atoms with Crippen LogP contribution in [-0.2, 0) is 5.75 Å². The van der Waals surface area contributed by atoms with E-state index in [2.05, 4.69) is 10.3 Å². The standard InChI is InChI=1S/C19H15FN2OS/c20-16-5-1-2-6-17(16)22-19(23)15-10-8-14(9-11-15)13-24-18-7-3-4-12-21-18/h1-12H,13H2,(H,22,23). The van der Waals surface area contributed by atoms with Crippen molar-refractivity contribution in [3.63, 3.8) is 0 Å². The van der Waals surface area contributed by atoms with E-state index in [1.165, 1.54) is 12.1 Å². The highest BCUT2D eigenvalue weighted by Gasteiger charge is 2.08. The molecule has 2 aromatic carbocycles. The molecule has 1 aromatic heterocycles. The molecule has 0 saturated carbocycles. The fraction of sp³-hybridized carbons (Fsp3) is 0.0526. The summed E-state index contributed by atoms with van der Waals surface area (Å²) in [6.45, 7) is 0. The molecular formula is C19H15FN2OS. The van der Waals surface area contributed by atoms with Crippen LogP contribution in [0.25, 0.3) is 0 Å². The Kier molecular flexibility index (Phi) is 5.23. The number of thioether (sulfide) groups is 1. The Morgan fingerprint density at radius 3 is 2.46 bits per heavy atom. The topological polar surface area (TPSA) is 42.0 Å². The molecule has 1 N–H and O–H groups in total. The first kappa shape index (κ1) is 16.2. The second kappa shape index (κ2) is 7.75. The van der Waals surface area contributed by atoms with E-state index in [9.17, 15) is 9.18 Å². The minimum absolute atomic E-state index is 0.178. The van der Waals surface area contributed by atoms with Gasteiger partial charge in [0, 0.05) is 17.5 Å². The molecule has 3 nitrogen and oxygen atoms in total. The third-order valence-electron chi connectivity index (χ3n) is 3.36. The molecule has 0 fully saturated rings. The fourth-order valence-corrected chi connectivity index (χ4v) is 2.92. The van der Waals surface area contributed by atoms with Crippen molar-refractivity contribution in [3.8, 4) is 0 Å². The van der Waals surface area contributed by atoms with E-state index in [0.717, 1.165) is 16.3 Å². The first-order valence-electron chi connectivity index (χ1n) is 7.41. The predicted molar refractivity (Wildman–Crippen MR) is 94.6 cm³/mol. The molecule has 1 amide bonds. The number of para-hydroxylation sites is 1. The van der Waals surface area contributed by atoms with E-state index >= 15 is 0 Å². The van der Waals surface area contributed by atoms with Crippen molar-refractivity contribution >= 4 is 23.4 Å². The monoisotopic (exact) mass is 338 g/mol. The molecule has 120 valence electrons. The lowest BCUT2D eigenvalue weighted by Crippen LogP contribution is -2.12. The highest BCUT2D eigenvalue weighted by atomic mass is 32.2. The molecule has 24 heavy (non-hydrogen) atoms. The number of hydrogen-bond acceptors (Lipinski definition) is 3. The number of benzene rings is 2. The van der Waals surface area contributed by atoms with Gasteiger partial charge < -0.3 is 5.32 Å². The summed E-state index contributed by atoms with van der Waals surface area (Å²) in [5.41, 5.74) is 1.76. The minimum atomic E-state index is -0.450. The maximum Gasteiger partial charge on any atom is 0.255 e. The molecule has 0 atom stereocenters. The molecular weight excluding hydrogens is 323 g/mol. The summed E-state index contributed by atoms with van der Waals surface area (Å²) in [5, 5.41) is 3.53. The van der Waals surface area contributed by atoms with E-state index < -0.39 is 5.82 Å². The van der Waals surface area contributed by atoms with Crippen molar-refractivity contribution in [2.45, 2.75) is 10.8 Å². The maximum absolute atomic E-state index is 13.6. The van der Waals surface area contributed by atoms with Crippen LogP contribution < -0.4 is 5.32 Å². The smallest absolute Gasteiger partial charge is 0.255 e. The van der Waals surface area contributed by atoms with Gasteiger partial charge in [-0.05, 0) is 42.0 Å². The Balaban J connectivity index is 1.61. The van der Waals surface area contributed by atoms with E-state index in [1.807, 2.05) is 30.3 Å². The van der Waals surface area contributed by atoms with Crippen LogP contribution in [0.5, 0.6) is 0 Å². The lowest BCUT2D eigenvalue weighted by Gasteiger charge is -2.07. The van der Waals surface area contributed by atoms with Gasteiger partial charge >= 0.3 is 0 Å². The summed E-state index contributed by atoms with van der Waals surface area (Å²) in [5.74, 6) is -0.00932. The lowest BCUT2D eigenvalue weighted by molar-refractivity contribution is 0.102. The molecule has 0 unspecified atom stereocenters. The first-order valence-corrected chi connectivity index (χ1v) is 8.39. The zero-order valence-corrected chi connectivity index (χ0v) is 13.6. The molecule has 1 heterocycles. The van der Waals surface area contributed by atoms with Crippen LogP contribution in [0.3, 0.4) is 0 Å². The third kappa shape index (κ3) is 4.20. The number of anilines is 1. The normalized spacial score (nSPS) is 10.4. The third-order valence-corrected chi connectivity index (χ3v) is 4.38. The van der Waals surface area contributed by atoms with E-state index in [-0.39, 0.29) is 11.6 Å². The average molecular weight is 338 g/mol. The van der Waals surface area contributed by atoms with Crippen molar-refractivity contribution in [2.75, 3.05) is 5.32 Å². The molecule has 0 spiro atoms. The molecule has 0 saturated heterocycles. The van der Waals surface area contributed by atoms with E-state index in [4.69, 9.17) is 0 Å². The number of pyridine rings is 1. The van der Waals surface area contributed by atoms with Crippen molar-refractivity contribution in [3.05, 3.63) is 89.9 Å².